The van der Waals surface area contributed by atoms with Gasteiger partial charge in [-0.25, -0.2) is 4.98 Å². The fourth-order valence-electron chi connectivity index (χ4n) is 3.68. The quantitative estimate of drug-likeness (QED) is 0.861. The zero-order valence-electron chi connectivity index (χ0n) is 14.7. The molecule has 1 aliphatic rings. The molecular weight excluding hydrogens is 334 g/mol. The molecule has 2 amide bonds. The first-order valence-corrected chi connectivity index (χ1v) is 9.78. The molecule has 0 aliphatic carbocycles. The predicted molar refractivity (Wildman–Crippen MR) is 100 cm³/mol. The van der Waals surface area contributed by atoms with E-state index in [1.54, 1.807) is 11.3 Å². The second kappa shape index (κ2) is 7.52. The molecule has 0 spiro atoms. The van der Waals surface area contributed by atoms with E-state index in [2.05, 4.69) is 18.0 Å². The van der Waals surface area contributed by atoms with Crippen LogP contribution in [0.5, 0.6) is 0 Å². The normalized spacial score (nSPS) is 16.9. The van der Waals surface area contributed by atoms with E-state index >= 15 is 0 Å². The maximum absolute atomic E-state index is 12.5. The standard InChI is InChI=1S/C19H25N3O2S/c1-2-9-19(18(20)24)10-12-22(13-11-19)17(23)8-7-16-21-14-5-3-4-6-15(14)25-16/h3-6H,2,7-13H2,1H3,(H2,20,24). The second-order valence-corrected chi connectivity index (χ2v) is 7.97. The molecule has 1 aliphatic heterocycles. The number of para-hydroxylation sites is 1. The molecule has 0 bridgehead atoms. The number of rotatable bonds is 6. The van der Waals surface area contributed by atoms with Crippen LogP contribution in [0.4, 0.5) is 0 Å². The van der Waals surface area contributed by atoms with Crippen molar-refractivity contribution in [1.82, 2.24) is 9.88 Å². The van der Waals surface area contributed by atoms with Crippen LogP contribution in [0.1, 0.15) is 44.0 Å². The van der Waals surface area contributed by atoms with Gasteiger partial charge >= 0.3 is 0 Å². The fraction of sp³-hybridized carbons (Fsp3) is 0.526. The highest BCUT2D eigenvalue weighted by molar-refractivity contribution is 7.18. The number of thiazole rings is 1. The lowest BCUT2D eigenvalue weighted by atomic mass is 9.74. The van der Waals surface area contributed by atoms with Crippen LogP contribution in [-0.2, 0) is 16.0 Å². The Labute approximate surface area is 152 Å². The average Bonchev–Trinajstić information content (AvgIpc) is 3.03. The maximum Gasteiger partial charge on any atom is 0.223 e. The third kappa shape index (κ3) is 3.84. The van der Waals surface area contributed by atoms with Crippen LogP contribution in [0.3, 0.4) is 0 Å². The van der Waals surface area contributed by atoms with E-state index in [4.69, 9.17) is 5.73 Å². The number of primary amides is 1. The van der Waals surface area contributed by atoms with Crippen LogP contribution in [0.15, 0.2) is 24.3 Å². The molecule has 6 heteroatoms. The van der Waals surface area contributed by atoms with Crippen LogP contribution >= 0.6 is 11.3 Å². The third-order valence-corrected chi connectivity index (χ3v) is 6.31. The second-order valence-electron chi connectivity index (χ2n) is 6.85. The Morgan fingerprint density at radius 3 is 2.64 bits per heavy atom. The van der Waals surface area contributed by atoms with Crippen molar-refractivity contribution in [2.24, 2.45) is 11.1 Å². The molecule has 134 valence electrons. The molecule has 2 N–H and O–H groups in total. The summed E-state index contributed by atoms with van der Waals surface area (Å²) in [6, 6.07) is 8.04. The third-order valence-electron chi connectivity index (χ3n) is 5.22. The number of aryl methyl sites for hydroxylation is 1. The number of hydrogen-bond acceptors (Lipinski definition) is 4. The minimum absolute atomic E-state index is 0.147. The number of carbonyl (C=O) groups excluding carboxylic acids is 2. The maximum atomic E-state index is 12.5. The van der Waals surface area contributed by atoms with Gasteiger partial charge in [0.2, 0.25) is 11.8 Å². The number of benzene rings is 1. The van der Waals surface area contributed by atoms with Crippen LogP contribution in [0, 0.1) is 5.41 Å². The van der Waals surface area contributed by atoms with Crippen molar-refractivity contribution in [2.75, 3.05) is 13.1 Å². The van der Waals surface area contributed by atoms with Gasteiger partial charge in [0.15, 0.2) is 0 Å². The number of aromatic nitrogens is 1. The van der Waals surface area contributed by atoms with Crippen LogP contribution in [0.25, 0.3) is 10.2 Å². The molecule has 1 aromatic heterocycles. The number of likely N-dealkylation sites (tertiary alicyclic amines) is 1. The number of nitrogens with zero attached hydrogens (tertiary/aromatic N) is 2. The summed E-state index contributed by atoms with van der Waals surface area (Å²) >= 11 is 1.65. The number of piperidine rings is 1. The monoisotopic (exact) mass is 359 g/mol. The van der Waals surface area contributed by atoms with E-state index in [1.807, 2.05) is 23.1 Å². The molecule has 0 saturated carbocycles. The van der Waals surface area contributed by atoms with Crippen molar-refractivity contribution in [3.63, 3.8) is 0 Å². The van der Waals surface area contributed by atoms with Gasteiger partial charge in [0, 0.05) is 25.9 Å². The zero-order valence-corrected chi connectivity index (χ0v) is 15.5. The smallest absolute Gasteiger partial charge is 0.223 e. The molecule has 1 fully saturated rings. The van der Waals surface area contributed by atoms with Crippen molar-refractivity contribution in [3.05, 3.63) is 29.3 Å². The van der Waals surface area contributed by atoms with Crippen molar-refractivity contribution in [2.45, 2.75) is 45.4 Å². The molecule has 0 unspecified atom stereocenters. The summed E-state index contributed by atoms with van der Waals surface area (Å²) in [5, 5.41) is 1.00. The number of nitrogens with two attached hydrogens (primary N) is 1. The van der Waals surface area contributed by atoms with E-state index in [0.717, 1.165) is 28.1 Å². The molecule has 2 heterocycles. The van der Waals surface area contributed by atoms with Gasteiger partial charge < -0.3 is 10.6 Å². The molecule has 1 aromatic carbocycles. The van der Waals surface area contributed by atoms with Gasteiger partial charge in [-0.15, -0.1) is 11.3 Å². The largest absolute Gasteiger partial charge is 0.369 e. The highest BCUT2D eigenvalue weighted by Crippen LogP contribution is 2.36. The van der Waals surface area contributed by atoms with E-state index < -0.39 is 5.41 Å². The Hall–Kier alpha value is -1.95. The number of carbonyl (C=O) groups is 2. The summed E-state index contributed by atoms with van der Waals surface area (Å²) in [5.41, 5.74) is 6.21. The summed E-state index contributed by atoms with van der Waals surface area (Å²) in [6.45, 7) is 3.32. The van der Waals surface area contributed by atoms with Gasteiger partial charge in [-0.05, 0) is 31.4 Å². The molecule has 5 nitrogen and oxygen atoms in total. The lowest BCUT2D eigenvalue weighted by Crippen LogP contribution is -2.48. The number of amides is 2. The highest BCUT2D eigenvalue weighted by Gasteiger charge is 2.39. The van der Waals surface area contributed by atoms with Crippen molar-refractivity contribution in [1.29, 1.82) is 0 Å². The Bertz CT molecular complexity index is 730. The minimum atomic E-state index is -0.418. The van der Waals surface area contributed by atoms with E-state index in [0.29, 0.717) is 38.8 Å². The zero-order chi connectivity index (χ0) is 17.9. The number of hydrogen-bond donors (Lipinski definition) is 1. The van der Waals surface area contributed by atoms with Gasteiger partial charge in [0.25, 0.3) is 0 Å². The predicted octanol–water partition coefficient (Wildman–Crippen LogP) is 3.12. The topological polar surface area (TPSA) is 76.3 Å². The average molecular weight is 359 g/mol. The lowest BCUT2D eigenvalue weighted by Gasteiger charge is -2.39. The molecule has 0 radical (unpaired) electrons. The van der Waals surface area contributed by atoms with Gasteiger partial charge in [0.05, 0.1) is 20.6 Å². The Morgan fingerprint density at radius 1 is 1.28 bits per heavy atom. The lowest BCUT2D eigenvalue weighted by molar-refractivity contribution is -0.139. The Morgan fingerprint density at radius 2 is 2.00 bits per heavy atom. The molecule has 3 rings (SSSR count). The van der Waals surface area contributed by atoms with Crippen LogP contribution in [0.2, 0.25) is 0 Å². The summed E-state index contributed by atoms with van der Waals surface area (Å²) < 4.78 is 1.16. The SMILES string of the molecule is CCCC1(C(N)=O)CCN(C(=O)CCc2nc3ccccc3s2)CC1. The van der Waals surface area contributed by atoms with Crippen molar-refractivity contribution in [3.8, 4) is 0 Å². The van der Waals surface area contributed by atoms with Crippen molar-refractivity contribution < 1.29 is 9.59 Å². The molecular formula is C19H25N3O2S. The van der Waals surface area contributed by atoms with Gasteiger partial charge in [-0.3, -0.25) is 9.59 Å². The van der Waals surface area contributed by atoms with Gasteiger partial charge in [-0.2, -0.15) is 0 Å². The van der Waals surface area contributed by atoms with E-state index in [9.17, 15) is 9.59 Å². The summed E-state index contributed by atoms with van der Waals surface area (Å²) in [7, 11) is 0. The molecule has 2 aromatic rings. The summed E-state index contributed by atoms with van der Waals surface area (Å²) in [5.74, 6) is -0.0650. The first-order valence-electron chi connectivity index (χ1n) is 8.96. The fourth-order valence-corrected chi connectivity index (χ4v) is 4.65. The van der Waals surface area contributed by atoms with E-state index in [1.165, 1.54) is 0 Å². The summed E-state index contributed by atoms with van der Waals surface area (Å²) in [4.78, 5) is 30.8. The Kier molecular flexibility index (Phi) is 5.37. The van der Waals surface area contributed by atoms with Crippen LogP contribution < -0.4 is 5.73 Å². The molecule has 1 saturated heterocycles. The molecule has 25 heavy (non-hydrogen) atoms. The number of fused-ring (bicyclic) bond motifs is 1. The van der Waals surface area contributed by atoms with Gasteiger partial charge in [-0.1, -0.05) is 25.5 Å². The summed E-state index contributed by atoms with van der Waals surface area (Å²) in [6.07, 6.45) is 4.26. The van der Waals surface area contributed by atoms with E-state index in [-0.39, 0.29) is 11.8 Å². The highest BCUT2D eigenvalue weighted by atomic mass is 32.1. The van der Waals surface area contributed by atoms with Crippen LogP contribution in [-0.4, -0.2) is 34.8 Å². The van der Waals surface area contributed by atoms with Crippen molar-refractivity contribution >= 4 is 33.4 Å². The Balaban J connectivity index is 1.55. The minimum Gasteiger partial charge on any atom is -0.369 e. The van der Waals surface area contributed by atoms with Gasteiger partial charge in [0.1, 0.15) is 0 Å². The first-order chi connectivity index (χ1) is 12.0. The first kappa shape index (κ1) is 17.9. The molecule has 0 atom stereocenters.